The minimum Gasteiger partial charge on any atom is -0.481 e. The zero-order chi connectivity index (χ0) is 19.8. The maximum Gasteiger partial charge on any atom is 0.303 e. The molecule has 7 nitrogen and oxygen atoms in total. The average Bonchev–Trinajstić information content (AvgIpc) is 2.36. The van der Waals surface area contributed by atoms with E-state index in [1.165, 1.54) is 0 Å². The molecule has 0 fully saturated rings. The summed E-state index contributed by atoms with van der Waals surface area (Å²) in [5.74, 6) is -2.59. The molecular formula is C17H36O7. The van der Waals surface area contributed by atoms with E-state index >= 15 is 0 Å². The molecule has 0 bridgehead atoms. The van der Waals surface area contributed by atoms with Crippen molar-refractivity contribution in [2.45, 2.75) is 92.1 Å². The molecule has 0 aliphatic rings. The van der Waals surface area contributed by atoms with E-state index in [-0.39, 0.29) is 18.8 Å². The molecular weight excluding hydrogens is 316 g/mol. The third kappa shape index (κ3) is 32.7. The summed E-state index contributed by atoms with van der Waals surface area (Å²) in [7, 11) is 0. The van der Waals surface area contributed by atoms with Crippen LogP contribution in [0.2, 0.25) is 0 Å². The van der Waals surface area contributed by atoms with Crippen molar-refractivity contribution < 1.29 is 34.4 Å². The normalized spacial score (nSPS) is 12.6. The lowest BCUT2D eigenvalue weighted by atomic mass is 10.3. The van der Waals surface area contributed by atoms with Gasteiger partial charge in [-0.2, -0.15) is 0 Å². The molecule has 24 heavy (non-hydrogen) atoms. The number of hydrogen-bond donors (Lipinski definition) is 3. The molecule has 0 aliphatic heterocycles. The highest BCUT2D eigenvalue weighted by atomic mass is 16.7. The number of carbonyl (C=O) groups is 2. The zero-order valence-electron chi connectivity index (χ0n) is 16.2. The Morgan fingerprint density at radius 2 is 1.29 bits per heavy atom. The molecule has 3 N–H and O–H groups in total. The van der Waals surface area contributed by atoms with Gasteiger partial charge in [-0.05, 0) is 47.5 Å². The van der Waals surface area contributed by atoms with Crippen molar-refractivity contribution in [1.82, 2.24) is 0 Å². The van der Waals surface area contributed by atoms with Gasteiger partial charge in [-0.1, -0.05) is 13.8 Å². The van der Waals surface area contributed by atoms with Gasteiger partial charge >= 0.3 is 11.9 Å². The highest BCUT2D eigenvalue weighted by Crippen LogP contribution is 2.10. The van der Waals surface area contributed by atoms with Crippen LogP contribution in [0.3, 0.4) is 0 Å². The Balaban J connectivity index is -0.000000309. The quantitative estimate of drug-likeness (QED) is 0.546. The molecule has 0 saturated heterocycles. The molecule has 0 aromatic carbocycles. The average molecular weight is 352 g/mol. The van der Waals surface area contributed by atoms with Gasteiger partial charge in [0.25, 0.3) is 0 Å². The number of aliphatic carboxylic acids is 2. The molecule has 0 rings (SSSR count). The van der Waals surface area contributed by atoms with Crippen LogP contribution in [-0.2, 0) is 19.1 Å². The van der Waals surface area contributed by atoms with Crippen molar-refractivity contribution in [2.24, 2.45) is 0 Å². The first-order valence-corrected chi connectivity index (χ1v) is 8.33. The van der Waals surface area contributed by atoms with Gasteiger partial charge < -0.3 is 24.8 Å². The molecule has 0 aliphatic carbocycles. The van der Waals surface area contributed by atoms with Crippen molar-refractivity contribution in [2.75, 3.05) is 6.61 Å². The summed E-state index contributed by atoms with van der Waals surface area (Å²) < 4.78 is 10.5. The van der Waals surface area contributed by atoms with Crippen LogP contribution in [0.25, 0.3) is 0 Å². The minimum atomic E-state index is -1.17. The van der Waals surface area contributed by atoms with Gasteiger partial charge in [0.15, 0.2) is 5.79 Å². The van der Waals surface area contributed by atoms with Crippen LogP contribution < -0.4 is 0 Å². The van der Waals surface area contributed by atoms with Crippen molar-refractivity contribution in [1.29, 1.82) is 0 Å². The zero-order valence-corrected chi connectivity index (χ0v) is 16.2. The third-order valence-corrected chi connectivity index (χ3v) is 2.10. The molecule has 0 heterocycles. The molecule has 0 saturated carbocycles. The van der Waals surface area contributed by atoms with Crippen LogP contribution in [0, 0.1) is 0 Å². The second kappa shape index (κ2) is 16.7. The third-order valence-electron chi connectivity index (χ3n) is 2.10. The summed E-state index contributed by atoms with van der Waals surface area (Å²) in [4.78, 5) is 19.2. The van der Waals surface area contributed by atoms with Gasteiger partial charge in [-0.15, -0.1) is 0 Å². The van der Waals surface area contributed by atoms with Gasteiger partial charge in [0.1, 0.15) is 6.61 Å². The number of carboxylic acid groups (broad SMARTS) is 2. The van der Waals surface area contributed by atoms with Gasteiger partial charge in [-0.3, -0.25) is 9.59 Å². The maximum atomic E-state index is 9.60. The van der Waals surface area contributed by atoms with Crippen molar-refractivity contribution >= 4 is 11.9 Å². The Labute approximate surface area is 146 Å². The summed E-state index contributed by atoms with van der Waals surface area (Å²) in [5, 5.41) is 25.4. The minimum absolute atomic E-state index is 0.00997. The summed E-state index contributed by atoms with van der Waals surface area (Å²) in [6.07, 6.45) is 2.17. The van der Waals surface area contributed by atoms with E-state index in [1.54, 1.807) is 6.92 Å². The van der Waals surface area contributed by atoms with E-state index in [0.29, 0.717) is 12.8 Å². The van der Waals surface area contributed by atoms with E-state index in [0.717, 1.165) is 12.8 Å². The fraction of sp³-hybridized carbons (Fsp3) is 0.882. The van der Waals surface area contributed by atoms with Crippen LogP contribution >= 0.6 is 0 Å². The second-order valence-electron chi connectivity index (χ2n) is 5.99. The second-order valence-corrected chi connectivity index (χ2v) is 5.99. The van der Waals surface area contributed by atoms with E-state index in [4.69, 9.17) is 19.7 Å². The van der Waals surface area contributed by atoms with Gasteiger partial charge in [0.2, 0.25) is 0 Å². The van der Waals surface area contributed by atoms with E-state index in [1.807, 2.05) is 41.5 Å². The molecule has 0 spiro atoms. The fourth-order valence-electron chi connectivity index (χ4n) is 1.29. The predicted octanol–water partition coefficient (Wildman–Crippen LogP) is 3.29. The molecule has 7 heteroatoms. The Bertz CT molecular complexity index is 296. The van der Waals surface area contributed by atoms with Gasteiger partial charge in [-0.25, -0.2) is 0 Å². The molecule has 0 radical (unpaired) electrons. The van der Waals surface area contributed by atoms with Crippen LogP contribution in [0.4, 0.5) is 0 Å². The van der Waals surface area contributed by atoms with Crippen molar-refractivity contribution in [3.05, 3.63) is 0 Å². The largest absolute Gasteiger partial charge is 0.481 e. The van der Waals surface area contributed by atoms with Crippen molar-refractivity contribution in [3.63, 3.8) is 0 Å². The van der Waals surface area contributed by atoms with Gasteiger partial charge in [0, 0.05) is 12.8 Å². The van der Waals surface area contributed by atoms with E-state index in [2.05, 4.69) is 0 Å². The first kappa shape index (κ1) is 27.7. The van der Waals surface area contributed by atoms with Crippen LogP contribution in [-0.4, -0.2) is 51.9 Å². The maximum absolute atomic E-state index is 9.60. The van der Waals surface area contributed by atoms with E-state index < -0.39 is 17.7 Å². The number of hydrogen-bond acceptors (Lipinski definition) is 5. The molecule has 146 valence electrons. The van der Waals surface area contributed by atoms with Gasteiger partial charge in [0.05, 0.1) is 12.2 Å². The molecule has 1 unspecified atom stereocenters. The fourth-order valence-corrected chi connectivity index (χ4v) is 1.29. The summed E-state index contributed by atoms with van der Waals surface area (Å²) in [6, 6.07) is 0. The Hall–Kier alpha value is -1.18. The predicted molar refractivity (Wildman–Crippen MR) is 93.0 cm³/mol. The van der Waals surface area contributed by atoms with Crippen molar-refractivity contribution in [3.8, 4) is 0 Å². The summed E-state index contributed by atoms with van der Waals surface area (Å²) >= 11 is 0. The molecule has 0 aromatic rings. The smallest absolute Gasteiger partial charge is 0.303 e. The van der Waals surface area contributed by atoms with E-state index in [9.17, 15) is 14.7 Å². The number of aliphatic hydroxyl groups is 1. The molecule has 0 aromatic heterocycles. The lowest BCUT2D eigenvalue weighted by Crippen LogP contribution is -2.37. The first-order valence-electron chi connectivity index (χ1n) is 8.33. The van der Waals surface area contributed by atoms with Crippen LogP contribution in [0.15, 0.2) is 0 Å². The topological polar surface area (TPSA) is 113 Å². The highest BCUT2D eigenvalue weighted by molar-refractivity contribution is 5.66. The monoisotopic (exact) mass is 352 g/mol. The first-order chi connectivity index (χ1) is 10.9. The van der Waals surface area contributed by atoms with Crippen LogP contribution in [0.1, 0.15) is 74.1 Å². The Morgan fingerprint density at radius 3 is 1.46 bits per heavy atom. The lowest BCUT2D eigenvalue weighted by molar-refractivity contribution is -0.241. The SMILES string of the molecule is CC(C)OCC(C)(O)OC(C)C.CCCC(=O)O.CCCC(=O)O. The number of rotatable bonds is 9. The summed E-state index contributed by atoms with van der Waals surface area (Å²) in [5.41, 5.74) is 0. The Morgan fingerprint density at radius 1 is 0.917 bits per heavy atom. The highest BCUT2D eigenvalue weighted by Gasteiger charge is 2.23. The molecule has 0 amide bonds. The standard InChI is InChI=1S/C9H20O3.2C4H8O2/c1-7(2)11-6-9(5,10)12-8(3)4;2*1-2-3-4(5)6/h7-8,10H,6H2,1-5H3;2*2-3H2,1H3,(H,5,6). The molecule has 1 atom stereocenters. The number of ether oxygens (including phenoxy) is 2. The Kier molecular flexibility index (Phi) is 19.2. The summed E-state index contributed by atoms with van der Waals surface area (Å²) in [6.45, 7) is 13.1. The lowest BCUT2D eigenvalue weighted by Gasteiger charge is -2.26. The number of carboxylic acids is 2. The van der Waals surface area contributed by atoms with Crippen LogP contribution in [0.5, 0.6) is 0 Å².